The second-order valence-corrected chi connectivity index (χ2v) is 7.54. The summed E-state index contributed by atoms with van der Waals surface area (Å²) in [6, 6.07) is 17.9. The van der Waals surface area contributed by atoms with Gasteiger partial charge in [0, 0.05) is 30.4 Å². The number of hydrogen-bond donors (Lipinski definition) is 1. The molecule has 28 heavy (non-hydrogen) atoms. The Labute approximate surface area is 164 Å². The van der Waals surface area contributed by atoms with E-state index in [9.17, 15) is 4.79 Å². The van der Waals surface area contributed by atoms with Crippen molar-refractivity contribution in [2.75, 3.05) is 23.3 Å². The number of nitrogens with one attached hydrogen (secondary N) is 1. The Kier molecular flexibility index (Phi) is 4.31. The third-order valence-corrected chi connectivity index (χ3v) is 5.46. The Bertz CT molecular complexity index is 987. The second-order valence-electron chi connectivity index (χ2n) is 7.54. The van der Waals surface area contributed by atoms with Gasteiger partial charge in [0.05, 0.1) is 11.4 Å². The van der Waals surface area contributed by atoms with Crippen molar-refractivity contribution in [3.63, 3.8) is 0 Å². The summed E-state index contributed by atoms with van der Waals surface area (Å²) in [4.78, 5) is 15.4. The molecule has 0 unspecified atom stereocenters. The Hall–Kier alpha value is -3.15. The molecule has 0 atom stereocenters. The third kappa shape index (κ3) is 3.26. The van der Waals surface area contributed by atoms with Crippen LogP contribution in [0.4, 0.5) is 11.4 Å². The molecule has 1 N–H and O–H groups in total. The molecule has 0 radical (unpaired) electrons. The third-order valence-electron chi connectivity index (χ3n) is 5.46. The predicted molar refractivity (Wildman–Crippen MR) is 109 cm³/mol. The highest BCUT2D eigenvalue weighted by molar-refractivity contribution is 6.04. The van der Waals surface area contributed by atoms with Crippen molar-refractivity contribution in [1.29, 1.82) is 0 Å². The predicted octanol–water partition coefficient (Wildman–Crippen LogP) is 4.00. The van der Waals surface area contributed by atoms with E-state index in [4.69, 9.17) is 0 Å². The number of aromatic nitrogens is 3. The first kappa shape index (κ1) is 17.0. The number of hydrogen-bond acceptors (Lipinski definition) is 4. The SMILES string of the molecule is O=C(Nc1cccc(N2CCCC2)c1)c1nnn(-c2ccccc2)c1C1CC1. The minimum Gasteiger partial charge on any atom is -0.371 e. The first-order valence-electron chi connectivity index (χ1n) is 9.97. The van der Waals surface area contributed by atoms with Crippen LogP contribution in [-0.2, 0) is 0 Å². The number of carbonyl (C=O) groups is 1. The van der Waals surface area contributed by atoms with Gasteiger partial charge in [-0.3, -0.25) is 4.79 Å². The number of anilines is 2. The van der Waals surface area contributed by atoms with Crippen LogP contribution in [0.1, 0.15) is 47.8 Å². The van der Waals surface area contributed by atoms with Gasteiger partial charge >= 0.3 is 0 Å². The smallest absolute Gasteiger partial charge is 0.278 e. The molecule has 1 saturated heterocycles. The summed E-state index contributed by atoms with van der Waals surface area (Å²) in [6.07, 6.45) is 4.60. The van der Waals surface area contributed by atoms with E-state index in [1.54, 1.807) is 0 Å². The zero-order valence-corrected chi connectivity index (χ0v) is 15.7. The summed E-state index contributed by atoms with van der Waals surface area (Å²) < 4.78 is 1.81. The fourth-order valence-corrected chi connectivity index (χ4v) is 3.88. The summed E-state index contributed by atoms with van der Waals surface area (Å²) in [5, 5.41) is 11.6. The van der Waals surface area contributed by atoms with E-state index in [0.717, 1.165) is 48.7 Å². The van der Waals surface area contributed by atoms with E-state index < -0.39 is 0 Å². The molecule has 5 rings (SSSR count). The number of carbonyl (C=O) groups excluding carboxylic acids is 1. The second kappa shape index (κ2) is 7.11. The van der Waals surface area contributed by atoms with Crippen LogP contribution in [0.15, 0.2) is 54.6 Å². The van der Waals surface area contributed by atoms with Gasteiger partial charge in [0.2, 0.25) is 0 Å². The van der Waals surface area contributed by atoms with Crippen LogP contribution in [0.5, 0.6) is 0 Å². The van der Waals surface area contributed by atoms with Crippen molar-refractivity contribution in [3.8, 4) is 5.69 Å². The highest BCUT2D eigenvalue weighted by Gasteiger charge is 2.34. The molecule has 6 heteroatoms. The molecule has 6 nitrogen and oxygen atoms in total. The minimum atomic E-state index is -0.192. The molecule has 1 amide bonds. The van der Waals surface area contributed by atoms with Crippen molar-refractivity contribution >= 4 is 17.3 Å². The lowest BCUT2D eigenvalue weighted by Gasteiger charge is -2.18. The topological polar surface area (TPSA) is 63.1 Å². The molecule has 1 saturated carbocycles. The molecule has 2 heterocycles. The van der Waals surface area contributed by atoms with Gasteiger partial charge in [-0.2, -0.15) is 0 Å². The van der Waals surface area contributed by atoms with E-state index in [1.165, 1.54) is 12.8 Å². The van der Waals surface area contributed by atoms with Gasteiger partial charge in [0.1, 0.15) is 0 Å². The maximum Gasteiger partial charge on any atom is 0.278 e. The maximum absolute atomic E-state index is 13.0. The van der Waals surface area contributed by atoms with Crippen LogP contribution in [0.25, 0.3) is 5.69 Å². The summed E-state index contributed by atoms with van der Waals surface area (Å²) >= 11 is 0. The Morgan fingerprint density at radius 2 is 1.71 bits per heavy atom. The largest absolute Gasteiger partial charge is 0.371 e. The van der Waals surface area contributed by atoms with Gasteiger partial charge in [-0.25, -0.2) is 4.68 Å². The van der Waals surface area contributed by atoms with Crippen LogP contribution >= 0.6 is 0 Å². The molecule has 1 aliphatic heterocycles. The Morgan fingerprint density at radius 1 is 0.964 bits per heavy atom. The van der Waals surface area contributed by atoms with Crippen LogP contribution in [-0.4, -0.2) is 34.0 Å². The van der Waals surface area contributed by atoms with Crippen molar-refractivity contribution in [2.24, 2.45) is 0 Å². The van der Waals surface area contributed by atoms with E-state index >= 15 is 0 Å². The summed E-state index contributed by atoms with van der Waals surface area (Å²) in [5.74, 6) is 0.162. The van der Waals surface area contributed by atoms with Gasteiger partial charge < -0.3 is 10.2 Å². The number of rotatable bonds is 5. The fraction of sp³-hybridized carbons (Fsp3) is 0.318. The Morgan fingerprint density at radius 3 is 2.46 bits per heavy atom. The molecule has 1 aromatic heterocycles. The zero-order chi connectivity index (χ0) is 18.9. The monoisotopic (exact) mass is 373 g/mol. The van der Waals surface area contributed by atoms with Gasteiger partial charge in [-0.1, -0.05) is 29.5 Å². The molecular weight excluding hydrogens is 350 g/mol. The lowest BCUT2D eigenvalue weighted by Crippen LogP contribution is -2.18. The zero-order valence-electron chi connectivity index (χ0n) is 15.7. The lowest BCUT2D eigenvalue weighted by molar-refractivity contribution is 0.102. The molecular formula is C22H23N5O. The molecule has 2 aromatic carbocycles. The summed E-state index contributed by atoms with van der Waals surface area (Å²) in [6.45, 7) is 2.16. The highest BCUT2D eigenvalue weighted by atomic mass is 16.2. The Balaban J connectivity index is 1.42. The molecule has 2 aliphatic rings. The lowest BCUT2D eigenvalue weighted by atomic mass is 10.2. The maximum atomic E-state index is 13.0. The summed E-state index contributed by atoms with van der Waals surface area (Å²) in [7, 11) is 0. The van der Waals surface area contributed by atoms with Crippen molar-refractivity contribution in [1.82, 2.24) is 15.0 Å². The van der Waals surface area contributed by atoms with Crippen LogP contribution in [0.2, 0.25) is 0 Å². The van der Waals surface area contributed by atoms with Crippen LogP contribution in [0.3, 0.4) is 0 Å². The van der Waals surface area contributed by atoms with Crippen molar-refractivity contribution < 1.29 is 4.79 Å². The number of amides is 1. The van der Waals surface area contributed by atoms with E-state index in [0.29, 0.717) is 11.6 Å². The quantitative estimate of drug-likeness (QED) is 0.734. The summed E-state index contributed by atoms with van der Waals surface area (Å²) in [5.41, 5.74) is 4.24. The van der Waals surface area contributed by atoms with Gasteiger partial charge in [0.25, 0.3) is 5.91 Å². The molecule has 0 bridgehead atoms. The number of nitrogens with zero attached hydrogens (tertiary/aromatic N) is 4. The van der Waals surface area contributed by atoms with E-state index in [2.05, 4.69) is 26.6 Å². The average molecular weight is 373 g/mol. The first-order valence-corrected chi connectivity index (χ1v) is 9.97. The normalized spacial score (nSPS) is 16.4. The molecule has 2 fully saturated rings. The van der Waals surface area contributed by atoms with Crippen LogP contribution in [0, 0.1) is 0 Å². The minimum absolute atomic E-state index is 0.192. The van der Waals surface area contributed by atoms with Gasteiger partial charge in [-0.05, 0) is 56.0 Å². The molecule has 142 valence electrons. The standard InChI is InChI=1S/C22H23N5O/c28-22(23-17-7-6-10-19(15-17)26-13-4-5-14-26)20-21(16-11-12-16)27(25-24-20)18-8-2-1-3-9-18/h1-3,6-10,15-16H,4-5,11-14H2,(H,23,28). The van der Waals surface area contributed by atoms with Crippen molar-refractivity contribution in [2.45, 2.75) is 31.6 Å². The van der Waals surface area contributed by atoms with Crippen molar-refractivity contribution in [3.05, 3.63) is 66.0 Å². The van der Waals surface area contributed by atoms with E-state index in [1.807, 2.05) is 53.2 Å². The fourth-order valence-electron chi connectivity index (χ4n) is 3.88. The van der Waals surface area contributed by atoms with Gasteiger partial charge in [0.15, 0.2) is 5.69 Å². The first-order chi connectivity index (χ1) is 13.8. The van der Waals surface area contributed by atoms with E-state index in [-0.39, 0.29) is 5.91 Å². The number of benzene rings is 2. The average Bonchev–Trinajstić information content (AvgIpc) is 3.24. The molecule has 3 aromatic rings. The van der Waals surface area contributed by atoms with Crippen LogP contribution < -0.4 is 10.2 Å². The molecule has 1 aliphatic carbocycles. The number of para-hydroxylation sites is 1. The molecule has 0 spiro atoms. The highest BCUT2D eigenvalue weighted by Crippen LogP contribution is 2.42. The van der Waals surface area contributed by atoms with Gasteiger partial charge in [-0.15, -0.1) is 5.10 Å².